The lowest BCUT2D eigenvalue weighted by atomic mass is 9.89. The first kappa shape index (κ1) is 14.4. The molecule has 2 N–H and O–H groups in total. The van der Waals surface area contributed by atoms with Gasteiger partial charge in [-0.15, -0.1) is 0 Å². The molecule has 4 heteroatoms. The van der Waals surface area contributed by atoms with Gasteiger partial charge in [-0.05, 0) is 44.4 Å². The highest BCUT2D eigenvalue weighted by Crippen LogP contribution is 2.26. The molecule has 0 saturated carbocycles. The number of benzene rings is 1. The van der Waals surface area contributed by atoms with Gasteiger partial charge in [-0.25, -0.2) is 0 Å². The summed E-state index contributed by atoms with van der Waals surface area (Å²) in [4.78, 5) is 14.1. The first-order valence-corrected chi connectivity index (χ1v) is 7.02. The average molecular weight is 271 g/mol. The van der Waals surface area contributed by atoms with Crippen molar-refractivity contribution in [2.75, 3.05) is 12.3 Å². The predicted molar refractivity (Wildman–Crippen MR) is 78.8 cm³/mol. The zero-order valence-electron chi connectivity index (χ0n) is 12.1. The highest BCUT2D eigenvalue weighted by Gasteiger charge is 2.27. The third-order valence-corrected chi connectivity index (χ3v) is 3.80. The number of amides is 1. The van der Waals surface area contributed by atoms with Gasteiger partial charge in [0.15, 0.2) is 0 Å². The lowest BCUT2D eigenvalue weighted by Crippen LogP contribution is -2.25. The van der Waals surface area contributed by atoms with Gasteiger partial charge in [0.2, 0.25) is 0 Å². The maximum Gasteiger partial charge on any atom is 0.254 e. The van der Waals surface area contributed by atoms with E-state index in [4.69, 9.17) is 11.0 Å². The Kier molecular flexibility index (Phi) is 3.99. The molecule has 106 valence electrons. The predicted octanol–water partition coefficient (Wildman–Crippen LogP) is 2.94. The van der Waals surface area contributed by atoms with Gasteiger partial charge in [0.25, 0.3) is 5.91 Å². The summed E-state index contributed by atoms with van der Waals surface area (Å²) in [7, 11) is 0. The van der Waals surface area contributed by atoms with Crippen LogP contribution >= 0.6 is 0 Å². The van der Waals surface area contributed by atoms with E-state index < -0.39 is 0 Å². The third-order valence-electron chi connectivity index (χ3n) is 3.80. The van der Waals surface area contributed by atoms with Crippen LogP contribution in [0.1, 0.15) is 49.0 Å². The van der Waals surface area contributed by atoms with E-state index in [1.54, 1.807) is 6.07 Å². The van der Waals surface area contributed by atoms with Crippen molar-refractivity contribution < 1.29 is 4.79 Å². The maximum atomic E-state index is 12.2. The Hall–Kier alpha value is -2.02. The van der Waals surface area contributed by atoms with Crippen molar-refractivity contribution in [1.29, 1.82) is 5.26 Å². The molecule has 1 aliphatic heterocycles. The molecule has 1 aromatic carbocycles. The van der Waals surface area contributed by atoms with Crippen LogP contribution in [0.15, 0.2) is 18.2 Å². The molecule has 0 unspecified atom stereocenters. The Morgan fingerprint density at radius 2 is 2.15 bits per heavy atom. The SMILES string of the molecule is CC(C)(C#N)CCCCN1Cc2ccc(N)cc2C1=O. The lowest BCUT2D eigenvalue weighted by Gasteiger charge is -2.18. The van der Waals surface area contributed by atoms with Gasteiger partial charge in [-0.1, -0.05) is 12.5 Å². The minimum absolute atomic E-state index is 0.0758. The molecular formula is C16H21N3O. The molecule has 0 saturated heterocycles. The van der Waals surface area contributed by atoms with E-state index in [0.717, 1.165) is 36.9 Å². The van der Waals surface area contributed by atoms with Crippen LogP contribution < -0.4 is 5.73 Å². The molecule has 1 amide bonds. The van der Waals surface area contributed by atoms with Crippen molar-refractivity contribution in [2.24, 2.45) is 5.41 Å². The van der Waals surface area contributed by atoms with Gasteiger partial charge in [-0.2, -0.15) is 5.26 Å². The summed E-state index contributed by atoms with van der Waals surface area (Å²) in [6.45, 7) is 5.32. The molecule has 0 aromatic heterocycles. The lowest BCUT2D eigenvalue weighted by molar-refractivity contribution is 0.0775. The standard InChI is InChI=1S/C16H21N3O/c1-16(2,11-17)7-3-4-8-19-10-12-5-6-13(18)9-14(12)15(19)20/h5-6,9H,3-4,7-8,10,18H2,1-2H3. The van der Waals surface area contributed by atoms with Crippen molar-refractivity contribution in [2.45, 2.75) is 39.7 Å². The van der Waals surface area contributed by atoms with Crippen LogP contribution in [0.2, 0.25) is 0 Å². The Morgan fingerprint density at radius 1 is 1.40 bits per heavy atom. The first-order valence-electron chi connectivity index (χ1n) is 7.02. The monoisotopic (exact) mass is 271 g/mol. The molecule has 0 atom stereocenters. The molecule has 0 spiro atoms. The minimum atomic E-state index is -0.271. The van der Waals surface area contributed by atoms with E-state index in [2.05, 4.69) is 6.07 Å². The highest BCUT2D eigenvalue weighted by molar-refractivity contribution is 5.99. The molecule has 1 aromatic rings. The van der Waals surface area contributed by atoms with E-state index in [1.807, 2.05) is 30.9 Å². The minimum Gasteiger partial charge on any atom is -0.399 e. The largest absolute Gasteiger partial charge is 0.399 e. The quantitative estimate of drug-likeness (QED) is 0.661. The van der Waals surface area contributed by atoms with Crippen LogP contribution in [0, 0.1) is 16.7 Å². The molecule has 0 bridgehead atoms. The fourth-order valence-corrected chi connectivity index (χ4v) is 2.48. The summed E-state index contributed by atoms with van der Waals surface area (Å²) >= 11 is 0. The number of nitrogen functional groups attached to an aromatic ring is 1. The van der Waals surface area contributed by atoms with Crippen molar-refractivity contribution in [3.63, 3.8) is 0 Å². The Labute approximate surface area is 120 Å². The number of hydrogen-bond acceptors (Lipinski definition) is 3. The van der Waals surface area contributed by atoms with Gasteiger partial charge in [0, 0.05) is 24.3 Å². The highest BCUT2D eigenvalue weighted by atomic mass is 16.2. The van der Waals surface area contributed by atoms with Crippen LogP contribution in [0.3, 0.4) is 0 Å². The van der Waals surface area contributed by atoms with E-state index >= 15 is 0 Å². The Bertz CT molecular complexity index is 557. The van der Waals surface area contributed by atoms with E-state index in [1.165, 1.54) is 0 Å². The van der Waals surface area contributed by atoms with Crippen LogP contribution in [0.5, 0.6) is 0 Å². The number of fused-ring (bicyclic) bond motifs is 1. The van der Waals surface area contributed by atoms with Crippen molar-refractivity contribution >= 4 is 11.6 Å². The summed E-state index contributed by atoms with van der Waals surface area (Å²) in [5.74, 6) is 0.0758. The number of hydrogen-bond donors (Lipinski definition) is 1. The van der Waals surface area contributed by atoms with Crippen LogP contribution in [0.25, 0.3) is 0 Å². The number of nitriles is 1. The topological polar surface area (TPSA) is 70.1 Å². The summed E-state index contributed by atoms with van der Waals surface area (Å²) in [6.07, 6.45) is 2.76. The van der Waals surface area contributed by atoms with Crippen LogP contribution in [-0.2, 0) is 6.54 Å². The second kappa shape index (κ2) is 5.54. The molecule has 1 aliphatic rings. The van der Waals surface area contributed by atoms with E-state index in [-0.39, 0.29) is 11.3 Å². The number of carbonyl (C=O) groups is 1. The van der Waals surface area contributed by atoms with Gasteiger partial charge in [0.05, 0.1) is 11.5 Å². The zero-order valence-corrected chi connectivity index (χ0v) is 12.1. The van der Waals surface area contributed by atoms with Gasteiger partial charge in [0.1, 0.15) is 0 Å². The number of unbranched alkanes of at least 4 members (excludes halogenated alkanes) is 1. The maximum absolute atomic E-state index is 12.2. The zero-order chi connectivity index (χ0) is 14.8. The summed E-state index contributed by atoms with van der Waals surface area (Å²) in [5.41, 5.74) is 7.88. The Morgan fingerprint density at radius 3 is 2.85 bits per heavy atom. The average Bonchev–Trinajstić information content (AvgIpc) is 2.72. The van der Waals surface area contributed by atoms with E-state index in [0.29, 0.717) is 12.2 Å². The molecule has 1 heterocycles. The number of nitrogens with two attached hydrogens (primary N) is 1. The molecule has 2 rings (SSSR count). The number of anilines is 1. The van der Waals surface area contributed by atoms with Crippen LogP contribution in [-0.4, -0.2) is 17.4 Å². The fraction of sp³-hybridized carbons (Fsp3) is 0.500. The second-order valence-electron chi connectivity index (χ2n) is 6.10. The normalized spacial score (nSPS) is 14.2. The summed E-state index contributed by atoms with van der Waals surface area (Å²) in [6, 6.07) is 7.84. The fourth-order valence-electron chi connectivity index (χ4n) is 2.48. The van der Waals surface area contributed by atoms with Crippen molar-refractivity contribution in [3.05, 3.63) is 29.3 Å². The van der Waals surface area contributed by atoms with Gasteiger partial charge in [-0.3, -0.25) is 4.79 Å². The third kappa shape index (κ3) is 3.11. The second-order valence-corrected chi connectivity index (χ2v) is 6.10. The molecule has 0 radical (unpaired) electrons. The van der Waals surface area contributed by atoms with Gasteiger partial charge < -0.3 is 10.6 Å². The Balaban J connectivity index is 1.85. The molecule has 20 heavy (non-hydrogen) atoms. The number of nitrogens with zero attached hydrogens (tertiary/aromatic N) is 2. The summed E-state index contributed by atoms with van der Waals surface area (Å²) in [5, 5.41) is 8.96. The van der Waals surface area contributed by atoms with Gasteiger partial charge >= 0.3 is 0 Å². The van der Waals surface area contributed by atoms with Crippen molar-refractivity contribution in [1.82, 2.24) is 4.90 Å². The smallest absolute Gasteiger partial charge is 0.254 e. The number of carbonyl (C=O) groups excluding carboxylic acids is 1. The van der Waals surface area contributed by atoms with E-state index in [9.17, 15) is 4.79 Å². The molecule has 0 fully saturated rings. The summed E-state index contributed by atoms with van der Waals surface area (Å²) < 4.78 is 0. The molecule has 4 nitrogen and oxygen atoms in total. The molecule has 0 aliphatic carbocycles. The first-order chi connectivity index (χ1) is 9.43. The number of rotatable bonds is 5. The van der Waals surface area contributed by atoms with Crippen LogP contribution in [0.4, 0.5) is 5.69 Å². The molecular weight excluding hydrogens is 250 g/mol. The van der Waals surface area contributed by atoms with Crippen molar-refractivity contribution in [3.8, 4) is 6.07 Å².